The fourth-order valence-corrected chi connectivity index (χ4v) is 2.10. The molecule has 0 fully saturated rings. The minimum absolute atomic E-state index is 0. The van der Waals surface area contributed by atoms with Gasteiger partial charge < -0.3 is 11.1 Å². The van der Waals surface area contributed by atoms with Gasteiger partial charge in [0.15, 0.2) is 0 Å². The second-order valence-corrected chi connectivity index (χ2v) is 4.90. The first-order valence-electron chi connectivity index (χ1n) is 5.56. The van der Waals surface area contributed by atoms with E-state index in [-0.39, 0.29) is 30.7 Å². The molecule has 8 heteroatoms. The normalized spacial score (nSPS) is 9.25. The molecule has 0 unspecified atom stereocenters. The van der Waals surface area contributed by atoms with Crippen LogP contribution in [-0.2, 0) is 6.42 Å². The van der Waals surface area contributed by atoms with Gasteiger partial charge in [0.05, 0.1) is 22.6 Å². The highest BCUT2D eigenvalue weighted by Crippen LogP contribution is 2.08. The first-order valence-corrected chi connectivity index (χ1v) is 6.44. The van der Waals surface area contributed by atoms with Gasteiger partial charge in [-0.2, -0.15) is 0 Å². The number of carbonyl (C=O) groups is 1. The van der Waals surface area contributed by atoms with Crippen LogP contribution in [0.3, 0.4) is 0 Å². The van der Waals surface area contributed by atoms with E-state index in [2.05, 4.69) is 15.3 Å². The fourth-order valence-electron chi connectivity index (χ4n) is 1.46. The highest BCUT2D eigenvalue weighted by Gasteiger charge is 2.06. The molecule has 2 aromatic rings. The number of hydrogen-bond acceptors (Lipinski definition) is 5. The van der Waals surface area contributed by atoms with Gasteiger partial charge in [-0.25, -0.2) is 9.97 Å². The van der Waals surface area contributed by atoms with Crippen LogP contribution in [0, 0.1) is 6.92 Å². The van der Waals surface area contributed by atoms with E-state index >= 15 is 0 Å². The lowest BCUT2D eigenvalue weighted by Gasteiger charge is -2.03. The minimum atomic E-state index is -0.193. The van der Waals surface area contributed by atoms with Crippen LogP contribution in [0.15, 0.2) is 23.7 Å². The minimum Gasteiger partial charge on any atom is -0.397 e. The van der Waals surface area contributed by atoms with Crippen LogP contribution < -0.4 is 11.1 Å². The Hall–Kier alpha value is -1.37. The van der Waals surface area contributed by atoms with Crippen molar-refractivity contribution in [1.82, 2.24) is 15.3 Å². The van der Waals surface area contributed by atoms with Gasteiger partial charge >= 0.3 is 0 Å². The molecular formula is C12H16Cl2N4OS. The topological polar surface area (TPSA) is 80.9 Å². The third-order valence-corrected chi connectivity index (χ3v) is 3.17. The first kappa shape index (κ1) is 18.6. The molecule has 0 atom stereocenters. The molecule has 1 amide bonds. The first-order chi connectivity index (χ1) is 8.65. The van der Waals surface area contributed by atoms with Crippen LogP contribution in [0.25, 0.3) is 0 Å². The van der Waals surface area contributed by atoms with E-state index in [4.69, 9.17) is 5.73 Å². The Kier molecular flexibility index (Phi) is 8.13. The van der Waals surface area contributed by atoms with Crippen molar-refractivity contribution < 1.29 is 4.79 Å². The Morgan fingerprint density at radius 2 is 2.15 bits per heavy atom. The second-order valence-electron chi connectivity index (χ2n) is 3.84. The molecule has 0 aromatic carbocycles. The van der Waals surface area contributed by atoms with Crippen molar-refractivity contribution >= 4 is 47.7 Å². The van der Waals surface area contributed by atoms with Crippen LogP contribution in [0.5, 0.6) is 0 Å². The molecule has 0 aliphatic carbocycles. The zero-order chi connectivity index (χ0) is 13.0. The quantitative estimate of drug-likeness (QED) is 0.898. The predicted molar refractivity (Wildman–Crippen MR) is 86.0 cm³/mol. The van der Waals surface area contributed by atoms with Crippen molar-refractivity contribution in [2.45, 2.75) is 13.3 Å². The number of rotatable bonds is 4. The van der Waals surface area contributed by atoms with Crippen LogP contribution in [0.1, 0.15) is 21.2 Å². The van der Waals surface area contributed by atoms with Gasteiger partial charge in [-0.15, -0.1) is 36.2 Å². The van der Waals surface area contributed by atoms with Gasteiger partial charge in [-0.3, -0.25) is 4.79 Å². The number of nitrogens with one attached hydrogen (secondary N) is 1. The highest BCUT2D eigenvalue weighted by atomic mass is 35.5. The fraction of sp³-hybridized carbons (Fsp3) is 0.250. The van der Waals surface area contributed by atoms with Gasteiger partial charge in [-0.1, -0.05) is 0 Å². The molecule has 2 rings (SSSR count). The largest absolute Gasteiger partial charge is 0.397 e. The number of amides is 1. The number of nitrogens with two attached hydrogens (primary N) is 1. The summed E-state index contributed by atoms with van der Waals surface area (Å²) in [5, 5.41) is 5.84. The Morgan fingerprint density at radius 3 is 2.70 bits per heavy atom. The van der Waals surface area contributed by atoms with E-state index in [0.717, 1.165) is 17.1 Å². The number of hydrogen-bond donors (Lipinski definition) is 2. The number of halogens is 2. The van der Waals surface area contributed by atoms with Crippen LogP contribution in [0.2, 0.25) is 0 Å². The Balaban J connectivity index is 0.00000180. The lowest BCUT2D eigenvalue weighted by atomic mass is 10.3. The second kappa shape index (κ2) is 8.73. The SMILES string of the molecule is Cc1nc(CCNC(=O)c2ccc(N)cn2)cs1.Cl.Cl. The molecule has 0 aliphatic rings. The Labute approximate surface area is 133 Å². The van der Waals surface area contributed by atoms with Crippen molar-refractivity contribution in [2.75, 3.05) is 12.3 Å². The van der Waals surface area contributed by atoms with E-state index in [1.54, 1.807) is 23.5 Å². The molecular weight excluding hydrogens is 319 g/mol. The highest BCUT2D eigenvalue weighted by molar-refractivity contribution is 7.09. The summed E-state index contributed by atoms with van der Waals surface area (Å²) in [4.78, 5) is 20.0. The lowest BCUT2D eigenvalue weighted by molar-refractivity contribution is 0.0949. The third kappa shape index (κ3) is 5.32. The van der Waals surface area contributed by atoms with Crippen molar-refractivity contribution in [3.05, 3.63) is 40.1 Å². The zero-order valence-corrected chi connectivity index (χ0v) is 13.3. The average Bonchev–Trinajstić information content (AvgIpc) is 2.76. The summed E-state index contributed by atoms with van der Waals surface area (Å²) < 4.78 is 0. The number of carbonyl (C=O) groups excluding carboxylic acids is 1. The molecule has 0 aliphatic heterocycles. The predicted octanol–water partition coefficient (Wildman–Crippen LogP) is 2.24. The monoisotopic (exact) mass is 334 g/mol. The summed E-state index contributed by atoms with van der Waals surface area (Å²) in [6.07, 6.45) is 2.20. The smallest absolute Gasteiger partial charge is 0.269 e. The number of pyridine rings is 1. The van der Waals surface area contributed by atoms with Gasteiger partial charge in [0.25, 0.3) is 5.91 Å². The molecule has 110 valence electrons. The van der Waals surface area contributed by atoms with Gasteiger partial charge in [-0.05, 0) is 19.1 Å². The van der Waals surface area contributed by atoms with Crippen molar-refractivity contribution in [1.29, 1.82) is 0 Å². The molecule has 0 saturated heterocycles. The standard InChI is InChI=1S/C12H14N4OS.2ClH/c1-8-16-10(7-18-8)4-5-14-12(17)11-3-2-9(13)6-15-11;;/h2-3,6-7H,4-5,13H2,1H3,(H,14,17);2*1H. The van der Waals surface area contributed by atoms with Crippen molar-refractivity contribution in [3.8, 4) is 0 Å². The average molecular weight is 335 g/mol. The van der Waals surface area contributed by atoms with E-state index in [1.165, 1.54) is 6.20 Å². The maximum Gasteiger partial charge on any atom is 0.269 e. The number of nitrogen functional groups attached to an aromatic ring is 1. The molecule has 0 saturated carbocycles. The molecule has 0 bridgehead atoms. The lowest BCUT2D eigenvalue weighted by Crippen LogP contribution is -2.26. The number of aromatic nitrogens is 2. The zero-order valence-electron chi connectivity index (χ0n) is 10.8. The summed E-state index contributed by atoms with van der Waals surface area (Å²) in [6.45, 7) is 2.51. The van der Waals surface area contributed by atoms with Crippen LogP contribution >= 0.6 is 36.2 Å². The van der Waals surface area contributed by atoms with Crippen LogP contribution in [0.4, 0.5) is 5.69 Å². The summed E-state index contributed by atoms with van der Waals surface area (Å²) in [5.74, 6) is -0.193. The van der Waals surface area contributed by atoms with E-state index in [0.29, 0.717) is 17.9 Å². The van der Waals surface area contributed by atoms with Crippen molar-refractivity contribution in [3.63, 3.8) is 0 Å². The maximum atomic E-state index is 11.7. The van der Waals surface area contributed by atoms with Gasteiger partial charge in [0.1, 0.15) is 5.69 Å². The Morgan fingerprint density at radius 1 is 1.40 bits per heavy atom. The summed E-state index contributed by atoms with van der Waals surface area (Å²) >= 11 is 1.61. The molecule has 5 nitrogen and oxygen atoms in total. The molecule has 2 aromatic heterocycles. The summed E-state index contributed by atoms with van der Waals surface area (Å²) in [7, 11) is 0. The Bertz CT molecular complexity index is 545. The van der Waals surface area contributed by atoms with Gasteiger partial charge in [0, 0.05) is 18.3 Å². The maximum absolute atomic E-state index is 11.7. The van der Waals surface area contributed by atoms with E-state index in [1.807, 2.05) is 12.3 Å². The van der Waals surface area contributed by atoms with E-state index in [9.17, 15) is 4.79 Å². The molecule has 2 heterocycles. The third-order valence-electron chi connectivity index (χ3n) is 2.35. The number of aryl methyl sites for hydroxylation is 1. The summed E-state index contributed by atoms with van der Waals surface area (Å²) in [5.41, 5.74) is 7.43. The molecule has 3 N–H and O–H groups in total. The van der Waals surface area contributed by atoms with Crippen molar-refractivity contribution in [2.24, 2.45) is 0 Å². The number of thiazole rings is 1. The van der Waals surface area contributed by atoms with Crippen LogP contribution in [-0.4, -0.2) is 22.4 Å². The molecule has 0 radical (unpaired) electrons. The van der Waals surface area contributed by atoms with E-state index < -0.39 is 0 Å². The number of anilines is 1. The summed E-state index contributed by atoms with van der Waals surface area (Å²) in [6, 6.07) is 3.27. The van der Waals surface area contributed by atoms with Gasteiger partial charge in [0.2, 0.25) is 0 Å². The molecule has 20 heavy (non-hydrogen) atoms. The molecule has 0 spiro atoms. The number of nitrogens with zero attached hydrogens (tertiary/aromatic N) is 2.